The molecule has 0 fully saturated rings. The molecule has 1 atom stereocenters. The Morgan fingerprint density at radius 2 is 2.27 bits per heavy atom. The van der Waals surface area contributed by atoms with E-state index in [-0.39, 0.29) is 13.0 Å². The van der Waals surface area contributed by atoms with Gasteiger partial charge in [-0.3, -0.25) is 4.79 Å². The van der Waals surface area contributed by atoms with Gasteiger partial charge in [-0.25, -0.2) is 4.79 Å². The summed E-state index contributed by atoms with van der Waals surface area (Å²) in [5.41, 5.74) is -1.65. The molecule has 0 heterocycles. The Labute approximate surface area is 88.7 Å². The Kier molecular flexibility index (Phi) is 5.10. The molecule has 0 aliphatic heterocycles. The number of carbonyl (C=O) groups is 2. The molecule has 0 radical (unpaired) electrons. The molecule has 82 valence electrons. The monoisotopic (exact) mass is 210 g/mol. The SMILES string of the molecule is C=CC[C@@](C#N)(NC(C)=O)C(=O)OCC. The number of ether oxygens (including phenoxy) is 1. The summed E-state index contributed by atoms with van der Waals surface area (Å²) in [5.74, 6) is -1.23. The van der Waals surface area contributed by atoms with Crippen molar-refractivity contribution in [3.05, 3.63) is 12.7 Å². The maximum atomic E-state index is 11.5. The number of nitrogens with zero attached hydrogens (tertiary/aromatic N) is 1. The summed E-state index contributed by atoms with van der Waals surface area (Å²) < 4.78 is 4.73. The maximum Gasteiger partial charge on any atom is 0.347 e. The van der Waals surface area contributed by atoms with Crippen LogP contribution in [0, 0.1) is 11.3 Å². The zero-order valence-corrected chi connectivity index (χ0v) is 8.87. The van der Waals surface area contributed by atoms with Gasteiger partial charge in [0.1, 0.15) is 6.07 Å². The highest BCUT2D eigenvalue weighted by Crippen LogP contribution is 2.12. The second kappa shape index (κ2) is 5.81. The van der Waals surface area contributed by atoms with Gasteiger partial charge in [-0.15, -0.1) is 6.58 Å². The second-order valence-electron chi connectivity index (χ2n) is 2.91. The second-order valence-corrected chi connectivity index (χ2v) is 2.91. The number of rotatable bonds is 5. The number of hydrogen-bond acceptors (Lipinski definition) is 4. The Morgan fingerprint density at radius 3 is 2.60 bits per heavy atom. The summed E-state index contributed by atoms with van der Waals surface area (Å²) in [5, 5.41) is 11.2. The number of esters is 1. The molecule has 0 aliphatic carbocycles. The molecule has 0 rings (SSSR count). The van der Waals surface area contributed by atoms with E-state index in [1.807, 2.05) is 0 Å². The molecule has 0 aromatic carbocycles. The van der Waals surface area contributed by atoms with E-state index in [4.69, 9.17) is 10.00 Å². The molecule has 1 N–H and O–H groups in total. The first-order valence-corrected chi connectivity index (χ1v) is 4.50. The Balaban J connectivity index is 4.97. The van der Waals surface area contributed by atoms with Crippen molar-refractivity contribution in [3.63, 3.8) is 0 Å². The summed E-state index contributed by atoms with van der Waals surface area (Å²) in [6.07, 6.45) is 1.40. The van der Waals surface area contributed by atoms with Gasteiger partial charge in [0.25, 0.3) is 0 Å². The van der Waals surface area contributed by atoms with Crippen LogP contribution in [0.15, 0.2) is 12.7 Å². The van der Waals surface area contributed by atoms with Crippen molar-refractivity contribution in [1.29, 1.82) is 5.26 Å². The summed E-state index contributed by atoms with van der Waals surface area (Å²) in [6, 6.07) is 1.75. The normalized spacial score (nSPS) is 13.1. The Hall–Kier alpha value is -1.83. The number of amides is 1. The highest BCUT2D eigenvalue weighted by Gasteiger charge is 2.40. The fourth-order valence-corrected chi connectivity index (χ4v) is 1.08. The summed E-state index contributed by atoms with van der Waals surface area (Å²) in [6.45, 7) is 6.44. The molecule has 1 amide bonds. The lowest BCUT2D eigenvalue weighted by Gasteiger charge is -2.23. The molecule has 0 aromatic heterocycles. The lowest BCUT2D eigenvalue weighted by Crippen LogP contribution is -2.53. The van der Waals surface area contributed by atoms with E-state index < -0.39 is 17.4 Å². The lowest BCUT2D eigenvalue weighted by molar-refractivity contribution is -0.150. The summed E-state index contributed by atoms with van der Waals surface area (Å²) in [4.78, 5) is 22.4. The minimum absolute atomic E-state index is 0.0158. The number of carbonyl (C=O) groups excluding carboxylic acids is 2. The molecule has 0 bridgehead atoms. The Bertz CT molecular complexity index is 306. The number of nitriles is 1. The summed E-state index contributed by atoms with van der Waals surface area (Å²) >= 11 is 0. The van der Waals surface area contributed by atoms with Crippen LogP contribution >= 0.6 is 0 Å². The topological polar surface area (TPSA) is 79.2 Å². The van der Waals surface area contributed by atoms with E-state index in [1.54, 1.807) is 13.0 Å². The van der Waals surface area contributed by atoms with Crippen molar-refractivity contribution in [3.8, 4) is 6.07 Å². The average molecular weight is 210 g/mol. The molecule has 0 aliphatic rings. The van der Waals surface area contributed by atoms with Crippen molar-refractivity contribution in [2.24, 2.45) is 0 Å². The Morgan fingerprint density at radius 1 is 1.67 bits per heavy atom. The quantitative estimate of drug-likeness (QED) is 0.530. The molecule has 0 spiro atoms. The molecule has 5 nitrogen and oxygen atoms in total. The van der Waals surface area contributed by atoms with Crippen molar-refractivity contribution in [2.75, 3.05) is 6.61 Å². The largest absolute Gasteiger partial charge is 0.463 e. The van der Waals surface area contributed by atoms with E-state index in [9.17, 15) is 9.59 Å². The minimum Gasteiger partial charge on any atom is -0.463 e. The van der Waals surface area contributed by atoms with Gasteiger partial charge < -0.3 is 10.1 Å². The molecule has 5 heteroatoms. The van der Waals surface area contributed by atoms with Gasteiger partial charge in [-0.05, 0) is 6.92 Å². The van der Waals surface area contributed by atoms with Crippen LogP contribution < -0.4 is 5.32 Å². The number of hydrogen-bond donors (Lipinski definition) is 1. The molecule has 0 unspecified atom stereocenters. The summed E-state index contributed by atoms with van der Waals surface area (Å²) in [7, 11) is 0. The van der Waals surface area contributed by atoms with Crippen molar-refractivity contribution < 1.29 is 14.3 Å². The van der Waals surface area contributed by atoms with E-state index >= 15 is 0 Å². The van der Waals surface area contributed by atoms with E-state index in [0.717, 1.165) is 0 Å². The fraction of sp³-hybridized carbons (Fsp3) is 0.500. The fourth-order valence-electron chi connectivity index (χ4n) is 1.08. The molecule has 0 aromatic rings. The zero-order chi connectivity index (χ0) is 11.9. The third-order valence-corrected chi connectivity index (χ3v) is 1.65. The van der Waals surface area contributed by atoms with Gasteiger partial charge in [0.15, 0.2) is 0 Å². The smallest absolute Gasteiger partial charge is 0.347 e. The highest BCUT2D eigenvalue weighted by molar-refractivity contribution is 5.90. The van der Waals surface area contributed by atoms with Gasteiger partial charge in [0.05, 0.1) is 6.61 Å². The highest BCUT2D eigenvalue weighted by atomic mass is 16.5. The van der Waals surface area contributed by atoms with Crippen molar-refractivity contribution >= 4 is 11.9 Å². The standard InChI is InChI=1S/C10H14N2O3/c1-4-6-10(7-11,12-8(3)13)9(14)15-5-2/h4H,1,5-6H2,2-3H3,(H,12,13)/t10-/m0/s1. The van der Waals surface area contributed by atoms with E-state index in [0.29, 0.717) is 0 Å². The molecular weight excluding hydrogens is 196 g/mol. The van der Waals surface area contributed by atoms with Crippen LogP contribution in [0.2, 0.25) is 0 Å². The van der Waals surface area contributed by atoms with Crippen LogP contribution in [0.4, 0.5) is 0 Å². The molecule has 15 heavy (non-hydrogen) atoms. The van der Waals surface area contributed by atoms with Crippen molar-refractivity contribution in [2.45, 2.75) is 25.8 Å². The van der Waals surface area contributed by atoms with Crippen LogP contribution in [0.3, 0.4) is 0 Å². The minimum atomic E-state index is -1.65. The average Bonchev–Trinajstić information content (AvgIpc) is 2.16. The van der Waals surface area contributed by atoms with Crippen molar-refractivity contribution in [1.82, 2.24) is 5.32 Å². The van der Waals surface area contributed by atoms with E-state index in [2.05, 4.69) is 11.9 Å². The third-order valence-electron chi connectivity index (χ3n) is 1.65. The lowest BCUT2D eigenvalue weighted by atomic mass is 9.97. The molecule has 0 saturated carbocycles. The van der Waals surface area contributed by atoms with Gasteiger partial charge in [-0.2, -0.15) is 5.26 Å². The first-order chi connectivity index (χ1) is 7.02. The first kappa shape index (κ1) is 13.2. The van der Waals surface area contributed by atoms with Crippen LogP contribution in [0.1, 0.15) is 20.3 Å². The van der Waals surface area contributed by atoms with Crippen LogP contribution in [0.5, 0.6) is 0 Å². The van der Waals surface area contributed by atoms with Gasteiger partial charge in [0, 0.05) is 13.3 Å². The first-order valence-electron chi connectivity index (χ1n) is 4.50. The maximum absolute atomic E-state index is 11.5. The van der Waals surface area contributed by atoms with Gasteiger partial charge >= 0.3 is 5.97 Å². The predicted molar refractivity (Wildman–Crippen MR) is 53.6 cm³/mol. The van der Waals surface area contributed by atoms with Crippen LogP contribution in [0.25, 0.3) is 0 Å². The number of nitrogens with one attached hydrogen (secondary N) is 1. The van der Waals surface area contributed by atoms with E-state index in [1.165, 1.54) is 13.0 Å². The van der Waals surface area contributed by atoms with Crippen LogP contribution in [-0.4, -0.2) is 24.0 Å². The van der Waals surface area contributed by atoms with Gasteiger partial charge in [-0.1, -0.05) is 6.08 Å². The van der Waals surface area contributed by atoms with Gasteiger partial charge in [0.2, 0.25) is 11.4 Å². The predicted octanol–water partition coefficient (Wildman–Crippen LogP) is 0.524. The molecule has 0 saturated heterocycles. The zero-order valence-electron chi connectivity index (χ0n) is 8.87. The van der Waals surface area contributed by atoms with Crippen LogP contribution in [-0.2, 0) is 14.3 Å². The molecular formula is C10H14N2O3. The third kappa shape index (κ3) is 3.43.